The molecule has 1 atom stereocenters. The molecule has 154 valence electrons. The number of fused-ring (bicyclic) bond motifs is 1. The number of likely N-dealkylation sites (tertiary alicyclic amines) is 1. The average Bonchev–Trinajstić information content (AvgIpc) is 3.46. The lowest BCUT2D eigenvalue weighted by atomic mass is 9.96. The largest absolute Gasteiger partial charge is 0.348 e. The van der Waals surface area contributed by atoms with E-state index in [2.05, 4.69) is 16.0 Å². The Morgan fingerprint density at radius 3 is 2.93 bits per heavy atom. The molecule has 1 saturated heterocycles. The zero-order chi connectivity index (χ0) is 20.7. The first kappa shape index (κ1) is 18.9. The SMILES string of the molecule is Cc1ccn(-c2cccc3c2CCC3)c(=O)c1C(=O)N1CCCC(c2ncc[nH]2)C1. The van der Waals surface area contributed by atoms with Gasteiger partial charge >= 0.3 is 0 Å². The van der Waals surface area contributed by atoms with Crippen LogP contribution in [0.15, 0.2) is 47.7 Å². The number of amides is 1. The summed E-state index contributed by atoms with van der Waals surface area (Å²) in [5, 5.41) is 0. The molecule has 6 heteroatoms. The molecule has 0 bridgehead atoms. The second kappa shape index (κ2) is 7.59. The molecular formula is C24H26N4O2. The predicted octanol–water partition coefficient (Wildman–Crippen LogP) is 3.38. The van der Waals surface area contributed by atoms with E-state index in [9.17, 15) is 9.59 Å². The zero-order valence-electron chi connectivity index (χ0n) is 17.2. The molecule has 5 rings (SSSR count). The first-order valence-corrected chi connectivity index (χ1v) is 10.8. The van der Waals surface area contributed by atoms with Gasteiger partial charge in [-0.1, -0.05) is 12.1 Å². The van der Waals surface area contributed by atoms with Gasteiger partial charge in [0.25, 0.3) is 11.5 Å². The number of carbonyl (C=O) groups excluding carboxylic acids is 1. The van der Waals surface area contributed by atoms with Crippen LogP contribution < -0.4 is 5.56 Å². The summed E-state index contributed by atoms with van der Waals surface area (Å²) >= 11 is 0. The minimum Gasteiger partial charge on any atom is -0.348 e. The number of aromatic nitrogens is 3. The number of pyridine rings is 1. The van der Waals surface area contributed by atoms with Gasteiger partial charge in [0.1, 0.15) is 11.4 Å². The Morgan fingerprint density at radius 2 is 2.10 bits per heavy atom. The summed E-state index contributed by atoms with van der Waals surface area (Å²) in [4.78, 5) is 36.3. The molecule has 1 fully saturated rings. The summed E-state index contributed by atoms with van der Waals surface area (Å²) in [6, 6.07) is 8.02. The minimum atomic E-state index is -0.222. The summed E-state index contributed by atoms with van der Waals surface area (Å²) in [7, 11) is 0. The van der Waals surface area contributed by atoms with Crippen LogP contribution in [0.4, 0.5) is 0 Å². The standard InChI is InChI=1S/C24H26N4O2/c1-16-10-14-28(20-9-3-6-17-5-2-8-19(17)20)24(30)21(16)23(29)27-13-4-7-18(15-27)22-25-11-12-26-22/h3,6,9-12,14,18H,2,4-5,7-8,13,15H2,1H3,(H,25,26). The molecular weight excluding hydrogens is 376 g/mol. The molecule has 0 radical (unpaired) electrons. The van der Waals surface area contributed by atoms with Gasteiger partial charge in [0.15, 0.2) is 0 Å². The van der Waals surface area contributed by atoms with Crippen molar-refractivity contribution < 1.29 is 4.79 Å². The fraction of sp³-hybridized carbons (Fsp3) is 0.375. The Kier molecular flexibility index (Phi) is 4.77. The predicted molar refractivity (Wildman–Crippen MR) is 115 cm³/mol. The van der Waals surface area contributed by atoms with E-state index in [4.69, 9.17) is 0 Å². The lowest BCUT2D eigenvalue weighted by Crippen LogP contribution is -2.42. The number of imidazole rings is 1. The van der Waals surface area contributed by atoms with Gasteiger partial charge in [-0.25, -0.2) is 4.98 Å². The maximum atomic E-state index is 13.5. The molecule has 1 aromatic carbocycles. The van der Waals surface area contributed by atoms with E-state index >= 15 is 0 Å². The van der Waals surface area contributed by atoms with Gasteiger partial charge < -0.3 is 9.88 Å². The van der Waals surface area contributed by atoms with Crippen LogP contribution in [0.2, 0.25) is 0 Å². The minimum absolute atomic E-state index is 0.171. The molecule has 2 aromatic heterocycles. The Hall–Kier alpha value is -3.15. The molecule has 3 heterocycles. The highest BCUT2D eigenvalue weighted by Gasteiger charge is 2.29. The van der Waals surface area contributed by atoms with Crippen LogP contribution in [0.1, 0.15) is 58.1 Å². The number of nitrogens with zero attached hydrogens (tertiary/aromatic N) is 3. The summed E-state index contributed by atoms with van der Waals surface area (Å²) in [6.45, 7) is 3.10. The van der Waals surface area contributed by atoms with Crippen molar-refractivity contribution in [1.82, 2.24) is 19.4 Å². The molecule has 1 aliphatic heterocycles. The Labute approximate surface area is 175 Å². The van der Waals surface area contributed by atoms with Crippen molar-refractivity contribution in [3.63, 3.8) is 0 Å². The third kappa shape index (κ3) is 3.16. The zero-order valence-corrected chi connectivity index (χ0v) is 17.2. The monoisotopic (exact) mass is 402 g/mol. The van der Waals surface area contributed by atoms with Crippen molar-refractivity contribution in [3.8, 4) is 5.69 Å². The van der Waals surface area contributed by atoms with Gasteiger partial charge in [-0.15, -0.1) is 0 Å². The first-order valence-electron chi connectivity index (χ1n) is 10.8. The normalized spacial score (nSPS) is 18.4. The Balaban J connectivity index is 1.51. The number of benzene rings is 1. The van der Waals surface area contributed by atoms with E-state index in [1.165, 1.54) is 11.1 Å². The van der Waals surface area contributed by atoms with E-state index < -0.39 is 0 Å². The number of carbonyl (C=O) groups is 1. The van der Waals surface area contributed by atoms with Gasteiger partial charge in [-0.3, -0.25) is 14.2 Å². The molecule has 1 aliphatic carbocycles. The number of nitrogens with one attached hydrogen (secondary N) is 1. The first-order chi connectivity index (χ1) is 14.6. The maximum absolute atomic E-state index is 13.5. The molecule has 1 amide bonds. The number of H-pyrrole nitrogens is 1. The van der Waals surface area contributed by atoms with Gasteiger partial charge in [0.05, 0.1) is 5.69 Å². The van der Waals surface area contributed by atoms with E-state index in [0.29, 0.717) is 13.1 Å². The Morgan fingerprint density at radius 1 is 1.20 bits per heavy atom. The highest BCUT2D eigenvalue weighted by Crippen LogP contribution is 2.28. The summed E-state index contributed by atoms with van der Waals surface area (Å²) in [5.74, 6) is 0.923. The number of piperidine rings is 1. The van der Waals surface area contributed by atoms with Gasteiger partial charge in [0.2, 0.25) is 0 Å². The van der Waals surface area contributed by atoms with E-state index in [1.807, 2.05) is 42.4 Å². The van der Waals surface area contributed by atoms with Crippen molar-refractivity contribution >= 4 is 5.91 Å². The molecule has 6 nitrogen and oxygen atoms in total. The van der Waals surface area contributed by atoms with E-state index in [1.54, 1.807) is 10.8 Å². The third-order valence-electron chi connectivity index (χ3n) is 6.51. The lowest BCUT2D eigenvalue weighted by Gasteiger charge is -2.32. The molecule has 2 aliphatic rings. The highest BCUT2D eigenvalue weighted by molar-refractivity contribution is 5.95. The number of aryl methyl sites for hydroxylation is 2. The van der Waals surface area contributed by atoms with Crippen LogP contribution in [0.5, 0.6) is 0 Å². The van der Waals surface area contributed by atoms with Gasteiger partial charge in [-0.2, -0.15) is 0 Å². The molecule has 30 heavy (non-hydrogen) atoms. The summed E-state index contributed by atoms with van der Waals surface area (Å²) in [6.07, 6.45) is 10.4. The molecule has 0 saturated carbocycles. The van der Waals surface area contributed by atoms with Crippen molar-refractivity contribution in [2.24, 2.45) is 0 Å². The average molecular weight is 402 g/mol. The summed E-state index contributed by atoms with van der Waals surface area (Å²) in [5.41, 5.74) is 4.25. The smallest absolute Gasteiger partial charge is 0.268 e. The van der Waals surface area contributed by atoms with Crippen molar-refractivity contribution in [2.75, 3.05) is 13.1 Å². The van der Waals surface area contributed by atoms with E-state index in [-0.39, 0.29) is 22.9 Å². The lowest BCUT2D eigenvalue weighted by molar-refractivity contribution is 0.0702. The summed E-state index contributed by atoms with van der Waals surface area (Å²) < 4.78 is 1.67. The molecule has 3 aromatic rings. The second-order valence-electron chi connectivity index (χ2n) is 8.38. The molecule has 1 N–H and O–H groups in total. The number of rotatable bonds is 3. The molecule has 0 spiro atoms. The van der Waals surface area contributed by atoms with Crippen molar-refractivity contribution in [2.45, 2.75) is 44.9 Å². The van der Waals surface area contributed by atoms with Gasteiger partial charge in [0, 0.05) is 37.6 Å². The van der Waals surface area contributed by atoms with Gasteiger partial charge in [-0.05, 0) is 67.9 Å². The Bertz CT molecular complexity index is 1150. The number of hydrogen-bond donors (Lipinski definition) is 1. The number of aromatic amines is 1. The van der Waals surface area contributed by atoms with Crippen LogP contribution in [-0.4, -0.2) is 38.4 Å². The second-order valence-corrected chi connectivity index (χ2v) is 8.38. The van der Waals surface area contributed by atoms with Crippen molar-refractivity contribution in [3.05, 3.63) is 81.3 Å². The number of hydrogen-bond acceptors (Lipinski definition) is 3. The van der Waals surface area contributed by atoms with Crippen LogP contribution in [0, 0.1) is 6.92 Å². The van der Waals surface area contributed by atoms with Crippen LogP contribution in [0.3, 0.4) is 0 Å². The quantitative estimate of drug-likeness (QED) is 0.730. The fourth-order valence-corrected chi connectivity index (χ4v) is 4.95. The van der Waals surface area contributed by atoms with Crippen LogP contribution in [0.25, 0.3) is 5.69 Å². The van der Waals surface area contributed by atoms with Crippen LogP contribution >= 0.6 is 0 Å². The maximum Gasteiger partial charge on any atom is 0.268 e. The highest BCUT2D eigenvalue weighted by atomic mass is 16.2. The van der Waals surface area contributed by atoms with E-state index in [0.717, 1.165) is 49.2 Å². The van der Waals surface area contributed by atoms with Crippen molar-refractivity contribution in [1.29, 1.82) is 0 Å². The fourth-order valence-electron chi connectivity index (χ4n) is 4.95. The third-order valence-corrected chi connectivity index (χ3v) is 6.51. The van der Waals surface area contributed by atoms with Crippen LogP contribution in [-0.2, 0) is 12.8 Å². The topological polar surface area (TPSA) is 71.0 Å². The molecule has 1 unspecified atom stereocenters.